The first-order valence-electron chi connectivity index (χ1n) is 6.74. The summed E-state index contributed by atoms with van der Waals surface area (Å²) < 4.78 is 5.54. The number of rotatable bonds is 5. The highest BCUT2D eigenvalue weighted by Gasteiger charge is 2.39. The van der Waals surface area contributed by atoms with Crippen molar-refractivity contribution < 1.29 is 19.6 Å². The highest BCUT2D eigenvalue weighted by Crippen LogP contribution is 2.25. The van der Waals surface area contributed by atoms with Gasteiger partial charge in [0.2, 0.25) is 0 Å². The summed E-state index contributed by atoms with van der Waals surface area (Å²) in [7, 11) is 0.362. The molecule has 0 fully saturated rings. The molecule has 0 saturated carbocycles. The molecule has 7 heteroatoms. The number of anilines is 1. The van der Waals surface area contributed by atoms with E-state index in [9.17, 15) is 14.9 Å². The van der Waals surface area contributed by atoms with Crippen LogP contribution in [0.5, 0.6) is 0 Å². The zero-order valence-corrected chi connectivity index (χ0v) is 13.1. The molecule has 1 aromatic carbocycles. The molecule has 0 aliphatic carbocycles. The second-order valence-corrected chi connectivity index (χ2v) is 5.87. The second-order valence-electron chi connectivity index (χ2n) is 5.87. The molecule has 6 nitrogen and oxygen atoms in total. The molecule has 0 bridgehead atoms. The molecule has 116 valence electrons. The molecule has 0 saturated heterocycles. The van der Waals surface area contributed by atoms with E-state index in [4.69, 9.17) is 4.65 Å². The first kappa shape index (κ1) is 17.5. The van der Waals surface area contributed by atoms with Crippen molar-refractivity contribution in [2.24, 2.45) is 0 Å². The molecule has 0 heterocycles. The Kier molecular flexibility index (Phi) is 5.39. The van der Waals surface area contributed by atoms with E-state index in [2.05, 4.69) is 10.6 Å². The summed E-state index contributed by atoms with van der Waals surface area (Å²) in [5.41, 5.74) is -0.887. The van der Waals surface area contributed by atoms with Crippen LogP contribution in [0.4, 0.5) is 10.5 Å². The normalized spacial score (nSPS) is 12.0. The van der Waals surface area contributed by atoms with Crippen molar-refractivity contribution in [2.75, 3.05) is 12.4 Å². The Balaban J connectivity index is 2.76. The molecule has 0 unspecified atom stereocenters. The summed E-state index contributed by atoms with van der Waals surface area (Å²) in [5, 5.41) is 25.2. The lowest BCUT2D eigenvalue weighted by Crippen LogP contribution is -2.53. The average Bonchev–Trinajstić information content (AvgIpc) is 2.37. The van der Waals surface area contributed by atoms with Gasteiger partial charge in [0.15, 0.2) is 0 Å². The Bertz CT molecular complexity index is 483. The van der Waals surface area contributed by atoms with Crippen LogP contribution in [0, 0.1) is 0 Å². The van der Waals surface area contributed by atoms with Crippen LogP contribution in [0.25, 0.3) is 0 Å². The molecule has 0 radical (unpaired) electrons. The fraction of sp³-hybridized carbons (Fsp3) is 0.500. The molecule has 21 heavy (non-hydrogen) atoms. The van der Waals surface area contributed by atoms with Gasteiger partial charge in [-0.3, -0.25) is 0 Å². The quantitative estimate of drug-likeness (QED) is 0.601. The zero-order valence-electron chi connectivity index (χ0n) is 13.1. The van der Waals surface area contributed by atoms with Crippen LogP contribution < -0.4 is 16.1 Å². The molecule has 0 atom stereocenters. The van der Waals surface area contributed by atoms with Gasteiger partial charge in [-0.25, -0.2) is 4.79 Å². The molecule has 2 amide bonds. The van der Waals surface area contributed by atoms with Crippen molar-refractivity contribution in [1.82, 2.24) is 5.32 Å². The van der Waals surface area contributed by atoms with Crippen LogP contribution in [0.2, 0.25) is 0 Å². The van der Waals surface area contributed by atoms with Crippen molar-refractivity contribution in [3.8, 4) is 0 Å². The van der Waals surface area contributed by atoms with Crippen LogP contribution in [-0.4, -0.2) is 41.5 Å². The largest absolute Gasteiger partial charge is 0.491 e. The third-order valence-electron chi connectivity index (χ3n) is 3.56. The Morgan fingerprint density at radius 1 is 1.19 bits per heavy atom. The SMILES string of the molecule is CNC(=O)Nc1ccc(B(O)OC(C)(C)C(C)(C)O)cc1. The van der Waals surface area contributed by atoms with Crippen LogP contribution in [0.15, 0.2) is 24.3 Å². The van der Waals surface area contributed by atoms with Crippen molar-refractivity contribution >= 4 is 24.3 Å². The molecule has 0 aliphatic rings. The lowest BCUT2D eigenvalue weighted by molar-refractivity contribution is -0.0982. The number of hydrogen-bond acceptors (Lipinski definition) is 4. The Hall–Kier alpha value is -1.57. The number of aliphatic hydroxyl groups is 1. The summed E-state index contributed by atoms with van der Waals surface area (Å²) in [5.74, 6) is 0. The molecule has 0 spiro atoms. The van der Waals surface area contributed by atoms with Gasteiger partial charge in [-0.2, -0.15) is 0 Å². The Morgan fingerprint density at radius 3 is 2.14 bits per heavy atom. The fourth-order valence-electron chi connectivity index (χ4n) is 1.42. The second kappa shape index (κ2) is 6.47. The van der Waals surface area contributed by atoms with Gasteiger partial charge in [0.25, 0.3) is 0 Å². The molecule has 0 aromatic heterocycles. The first-order valence-corrected chi connectivity index (χ1v) is 6.74. The van der Waals surface area contributed by atoms with Crippen molar-refractivity contribution in [3.05, 3.63) is 24.3 Å². The summed E-state index contributed by atoms with van der Waals surface area (Å²) >= 11 is 0. The van der Waals surface area contributed by atoms with Crippen molar-refractivity contribution in [3.63, 3.8) is 0 Å². The van der Waals surface area contributed by atoms with Gasteiger partial charge < -0.3 is 25.4 Å². The van der Waals surface area contributed by atoms with Crippen LogP contribution in [-0.2, 0) is 4.65 Å². The standard InChI is InChI=1S/C14H23BN2O4/c1-13(2,19)14(3,4)21-15(20)10-6-8-11(9-7-10)17-12(18)16-5/h6-9,19-20H,1-5H3,(H2,16,17,18). The molecular weight excluding hydrogens is 271 g/mol. The Morgan fingerprint density at radius 2 is 1.71 bits per heavy atom. The van der Waals surface area contributed by atoms with Gasteiger partial charge >= 0.3 is 13.1 Å². The highest BCUT2D eigenvalue weighted by atomic mass is 16.5. The highest BCUT2D eigenvalue weighted by molar-refractivity contribution is 6.60. The van der Waals surface area contributed by atoms with Crippen LogP contribution in [0.1, 0.15) is 27.7 Å². The number of amides is 2. The number of urea groups is 1. The predicted octanol–water partition coefficient (Wildman–Crippen LogP) is 0.691. The molecule has 4 N–H and O–H groups in total. The maximum Gasteiger partial charge on any atom is 0.491 e. The monoisotopic (exact) mass is 294 g/mol. The van der Waals surface area contributed by atoms with Crippen LogP contribution >= 0.6 is 0 Å². The van der Waals surface area contributed by atoms with E-state index >= 15 is 0 Å². The summed E-state index contributed by atoms with van der Waals surface area (Å²) in [6.45, 7) is 6.65. The lowest BCUT2D eigenvalue weighted by Gasteiger charge is -2.38. The molecular formula is C14H23BN2O4. The molecule has 0 aliphatic heterocycles. The summed E-state index contributed by atoms with van der Waals surface area (Å²) in [6, 6.07) is 6.30. The first-order chi connectivity index (χ1) is 9.56. The number of carbonyl (C=O) groups excluding carboxylic acids is 1. The van der Waals surface area contributed by atoms with E-state index in [1.165, 1.54) is 7.05 Å². The van der Waals surface area contributed by atoms with E-state index in [1.807, 2.05) is 0 Å². The van der Waals surface area contributed by atoms with Crippen molar-refractivity contribution in [2.45, 2.75) is 38.9 Å². The van der Waals surface area contributed by atoms with Gasteiger partial charge in [-0.1, -0.05) is 12.1 Å². The third kappa shape index (κ3) is 4.73. The zero-order chi connectivity index (χ0) is 16.3. The smallest absolute Gasteiger partial charge is 0.423 e. The van der Waals surface area contributed by atoms with Gasteiger partial charge in [-0.05, 0) is 45.3 Å². The van der Waals surface area contributed by atoms with Gasteiger partial charge in [0.05, 0.1) is 11.2 Å². The fourth-order valence-corrected chi connectivity index (χ4v) is 1.42. The minimum Gasteiger partial charge on any atom is -0.423 e. The minimum absolute atomic E-state index is 0.317. The van der Waals surface area contributed by atoms with Gasteiger partial charge in [-0.15, -0.1) is 0 Å². The lowest BCUT2D eigenvalue weighted by atomic mass is 9.76. The van der Waals surface area contributed by atoms with E-state index in [0.717, 1.165) is 0 Å². The molecule has 1 aromatic rings. The van der Waals surface area contributed by atoms with Gasteiger partial charge in [0, 0.05) is 12.7 Å². The number of benzene rings is 1. The third-order valence-corrected chi connectivity index (χ3v) is 3.56. The molecule has 1 rings (SSSR count). The van der Waals surface area contributed by atoms with Gasteiger partial charge in [0.1, 0.15) is 0 Å². The van der Waals surface area contributed by atoms with E-state index in [-0.39, 0.29) is 6.03 Å². The number of hydrogen-bond donors (Lipinski definition) is 4. The van der Waals surface area contributed by atoms with E-state index in [0.29, 0.717) is 11.2 Å². The van der Waals surface area contributed by atoms with Crippen LogP contribution in [0.3, 0.4) is 0 Å². The predicted molar refractivity (Wildman–Crippen MR) is 83.6 cm³/mol. The number of nitrogens with one attached hydrogen (secondary N) is 2. The minimum atomic E-state index is -1.17. The van der Waals surface area contributed by atoms with E-state index < -0.39 is 18.3 Å². The van der Waals surface area contributed by atoms with E-state index in [1.54, 1.807) is 52.0 Å². The number of carbonyl (C=O) groups is 1. The topological polar surface area (TPSA) is 90.8 Å². The van der Waals surface area contributed by atoms with Crippen molar-refractivity contribution in [1.29, 1.82) is 0 Å². The maximum atomic E-state index is 11.2. The maximum absolute atomic E-state index is 11.2. The Labute approximate surface area is 125 Å². The summed E-state index contributed by atoms with van der Waals surface area (Å²) in [6.07, 6.45) is 0. The average molecular weight is 294 g/mol. The summed E-state index contributed by atoms with van der Waals surface area (Å²) in [4.78, 5) is 11.2.